The van der Waals surface area contributed by atoms with Crippen molar-refractivity contribution in [2.75, 3.05) is 26.2 Å². The van der Waals surface area contributed by atoms with Crippen LogP contribution >= 0.6 is 11.7 Å². The molecule has 29 heavy (non-hydrogen) atoms. The Balaban J connectivity index is 1.18. The zero-order chi connectivity index (χ0) is 20.0. The largest absolute Gasteiger partial charge is 0.339 e. The van der Waals surface area contributed by atoms with Crippen LogP contribution in [0.25, 0.3) is 11.0 Å². The Morgan fingerprint density at radius 1 is 0.931 bits per heavy atom. The van der Waals surface area contributed by atoms with Crippen molar-refractivity contribution >= 4 is 34.6 Å². The molecule has 3 aromatic rings. The van der Waals surface area contributed by atoms with Gasteiger partial charge >= 0.3 is 0 Å². The van der Waals surface area contributed by atoms with Gasteiger partial charge in [-0.15, -0.1) is 0 Å². The molecule has 0 bridgehead atoms. The summed E-state index contributed by atoms with van der Waals surface area (Å²) in [6.07, 6.45) is 0.811. The molecular weight excluding hydrogens is 391 g/mol. The molecule has 1 saturated heterocycles. The summed E-state index contributed by atoms with van der Waals surface area (Å²) in [6, 6.07) is 11.8. The van der Waals surface area contributed by atoms with Gasteiger partial charge in [-0.3, -0.25) is 9.59 Å². The number of aromatic nitrogens is 2. The van der Waals surface area contributed by atoms with Crippen molar-refractivity contribution in [1.29, 1.82) is 0 Å². The van der Waals surface area contributed by atoms with Crippen LogP contribution in [0.2, 0.25) is 0 Å². The van der Waals surface area contributed by atoms with Crippen LogP contribution in [0.5, 0.6) is 0 Å². The van der Waals surface area contributed by atoms with E-state index in [9.17, 15) is 14.0 Å². The van der Waals surface area contributed by atoms with E-state index < -0.39 is 0 Å². The molecule has 2 atom stereocenters. The second-order valence-electron chi connectivity index (χ2n) is 7.59. The first-order valence-electron chi connectivity index (χ1n) is 9.66. The maximum Gasteiger partial charge on any atom is 0.254 e. The fraction of sp³-hybridized carbons (Fsp3) is 0.333. The molecule has 1 aliphatic carbocycles. The molecule has 2 unspecified atom stereocenters. The number of hydrogen-bond acceptors (Lipinski definition) is 5. The van der Waals surface area contributed by atoms with Gasteiger partial charge in [0.2, 0.25) is 5.91 Å². The summed E-state index contributed by atoms with van der Waals surface area (Å²) in [6.45, 7) is 2.12. The van der Waals surface area contributed by atoms with Gasteiger partial charge in [-0.1, -0.05) is 12.1 Å². The van der Waals surface area contributed by atoms with E-state index in [1.807, 2.05) is 11.0 Å². The summed E-state index contributed by atoms with van der Waals surface area (Å²) in [5, 5.41) is 0. The molecule has 5 rings (SSSR count). The lowest BCUT2D eigenvalue weighted by molar-refractivity contribution is -0.134. The standard InChI is InChI=1S/C21H19FN4O2S/c22-15-4-1-13(2-5-15)16-12-17(16)21(28)26-9-7-25(8-10-26)20(27)14-3-6-18-19(11-14)24-29-23-18/h1-6,11,16-17H,7-10,12H2. The Kier molecular flexibility index (Phi) is 4.50. The summed E-state index contributed by atoms with van der Waals surface area (Å²) in [5.41, 5.74) is 3.14. The lowest BCUT2D eigenvalue weighted by Gasteiger charge is -2.35. The second kappa shape index (κ2) is 7.18. The van der Waals surface area contributed by atoms with E-state index in [-0.39, 0.29) is 29.5 Å². The molecule has 2 amide bonds. The summed E-state index contributed by atoms with van der Waals surface area (Å²) < 4.78 is 21.4. The summed E-state index contributed by atoms with van der Waals surface area (Å²) in [7, 11) is 0. The molecule has 0 N–H and O–H groups in total. The summed E-state index contributed by atoms with van der Waals surface area (Å²) in [5.74, 6) is -0.00393. The van der Waals surface area contributed by atoms with Crippen molar-refractivity contribution < 1.29 is 14.0 Å². The molecule has 6 nitrogen and oxygen atoms in total. The van der Waals surface area contributed by atoms with Gasteiger partial charge in [0.25, 0.3) is 5.91 Å². The van der Waals surface area contributed by atoms with Crippen molar-refractivity contribution in [2.45, 2.75) is 12.3 Å². The SMILES string of the molecule is O=C(c1ccc2nsnc2c1)N1CCN(C(=O)C2CC2c2ccc(F)cc2)CC1. The van der Waals surface area contributed by atoms with Crippen LogP contribution in [0.15, 0.2) is 42.5 Å². The third kappa shape index (κ3) is 3.48. The Bertz CT molecular complexity index is 1080. The lowest BCUT2D eigenvalue weighted by atomic mass is 10.1. The minimum atomic E-state index is -0.261. The monoisotopic (exact) mass is 410 g/mol. The normalized spacial score (nSPS) is 21.4. The highest BCUT2D eigenvalue weighted by Gasteiger charge is 2.46. The maximum absolute atomic E-state index is 13.1. The molecule has 148 valence electrons. The minimum absolute atomic E-state index is 0.0257. The van der Waals surface area contributed by atoms with Gasteiger partial charge < -0.3 is 9.80 Å². The van der Waals surface area contributed by atoms with Crippen molar-refractivity contribution in [2.24, 2.45) is 5.92 Å². The first-order valence-corrected chi connectivity index (χ1v) is 10.4. The van der Waals surface area contributed by atoms with E-state index >= 15 is 0 Å². The third-order valence-corrected chi connectivity index (χ3v) is 6.34. The summed E-state index contributed by atoms with van der Waals surface area (Å²) in [4.78, 5) is 29.2. The number of piperazine rings is 1. The maximum atomic E-state index is 13.1. The average Bonchev–Trinajstić information content (AvgIpc) is 3.41. The van der Waals surface area contributed by atoms with Gasteiger partial charge in [-0.05, 0) is 48.2 Å². The van der Waals surface area contributed by atoms with E-state index in [1.165, 1.54) is 12.1 Å². The molecule has 1 saturated carbocycles. The number of carbonyl (C=O) groups is 2. The van der Waals surface area contributed by atoms with Crippen LogP contribution < -0.4 is 0 Å². The molecule has 2 heterocycles. The van der Waals surface area contributed by atoms with Gasteiger partial charge in [0.15, 0.2) is 0 Å². The number of amides is 2. The predicted molar refractivity (Wildman–Crippen MR) is 107 cm³/mol. The van der Waals surface area contributed by atoms with Crippen LogP contribution in [-0.4, -0.2) is 56.5 Å². The van der Waals surface area contributed by atoms with Gasteiger partial charge in [0, 0.05) is 37.7 Å². The van der Waals surface area contributed by atoms with Crippen molar-refractivity contribution in [3.05, 3.63) is 59.4 Å². The van der Waals surface area contributed by atoms with Crippen molar-refractivity contribution in [3.8, 4) is 0 Å². The van der Waals surface area contributed by atoms with E-state index in [4.69, 9.17) is 0 Å². The highest BCUT2D eigenvalue weighted by molar-refractivity contribution is 7.00. The predicted octanol–water partition coefficient (Wildman–Crippen LogP) is 2.92. The number of halogens is 1. The number of nitrogens with zero attached hydrogens (tertiary/aromatic N) is 4. The zero-order valence-corrected chi connectivity index (χ0v) is 16.4. The van der Waals surface area contributed by atoms with Crippen LogP contribution in [0, 0.1) is 11.7 Å². The molecule has 0 spiro atoms. The first kappa shape index (κ1) is 18.2. The number of rotatable bonds is 3. The molecule has 1 aromatic heterocycles. The highest BCUT2D eigenvalue weighted by atomic mass is 32.1. The Morgan fingerprint density at radius 3 is 2.38 bits per heavy atom. The van der Waals surface area contributed by atoms with Gasteiger partial charge in [0.1, 0.15) is 16.9 Å². The molecule has 8 heteroatoms. The van der Waals surface area contributed by atoms with Gasteiger partial charge in [-0.2, -0.15) is 8.75 Å². The van der Waals surface area contributed by atoms with Crippen LogP contribution in [0.1, 0.15) is 28.3 Å². The lowest BCUT2D eigenvalue weighted by Crippen LogP contribution is -2.51. The Labute approximate surface area is 171 Å². The Morgan fingerprint density at radius 2 is 1.62 bits per heavy atom. The second-order valence-corrected chi connectivity index (χ2v) is 8.11. The molecule has 2 fully saturated rings. The Hall–Kier alpha value is -2.87. The molecular formula is C21H19FN4O2S. The fourth-order valence-electron chi connectivity index (χ4n) is 4.01. The van der Waals surface area contributed by atoms with Crippen LogP contribution in [-0.2, 0) is 4.79 Å². The van der Waals surface area contributed by atoms with E-state index in [0.717, 1.165) is 34.7 Å². The number of hydrogen-bond donors (Lipinski definition) is 0. The van der Waals surface area contributed by atoms with Crippen molar-refractivity contribution in [1.82, 2.24) is 18.5 Å². The zero-order valence-electron chi connectivity index (χ0n) is 15.6. The minimum Gasteiger partial charge on any atom is -0.339 e. The highest BCUT2D eigenvalue weighted by Crippen LogP contribution is 2.48. The molecule has 0 radical (unpaired) electrons. The molecule has 1 aliphatic heterocycles. The quantitative estimate of drug-likeness (QED) is 0.666. The van der Waals surface area contributed by atoms with Gasteiger partial charge in [-0.25, -0.2) is 4.39 Å². The van der Waals surface area contributed by atoms with E-state index in [1.54, 1.807) is 29.2 Å². The van der Waals surface area contributed by atoms with Crippen LogP contribution in [0.3, 0.4) is 0 Å². The fourth-order valence-corrected chi connectivity index (χ4v) is 4.53. The topological polar surface area (TPSA) is 66.4 Å². The third-order valence-electron chi connectivity index (χ3n) is 5.79. The molecule has 2 aromatic carbocycles. The van der Waals surface area contributed by atoms with E-state index in [2.05, 4.69) is 8.75 Å². The molecule has 2 aliphatic rings. The number of carbonyl (C=O) groups excluding carboxylic acids is 2. The number of benzene rings is 2. The smallest absolute Gasteiger partial charge is 0.254 e. The van der Waals surface area contributed by atoms with Gasteiger partial charge in [0.05, 0.1) is 11.7 Å². The summed E-state index contributed by atoms with van der Waals surface area (Å²) >= 11 is 1.13. The van der Waals surface area contributed by atoms with E-state index in [0.29, 0.717) is 31.7 Å². The average molecular weight is 410 g/mol. The first-order chi connectivity index (χ1) is 14.1. The number of fused-ring (bicyclic) bond motifs is 1. The van der Waals surface area contributed by atoms with Crippen LogP contribution in [0.4, 0.5) is 4.39 Å². The van der Waals surface area contributed by atoms with Crippen molar-refractivity contribution in [3.63, 3.8) is 0 Å².